The summed E-state index contributed by atoms with van der Waals surface area (Å²) < 4.78 is 0. The fraction of sp³-hybridized carbons (Fsp3) is 0.913. The molecule has 0 heterocycles. The van der Waals surface area contributed by atoms with Crippen molar-refractivity contribution in [1.29, 1.82) is 0 Å². The molecule has 23 heavy (non-hydrogen) atoms. The van der Waals surface area contributed by atoms with Gasteiger partial charge in [-0.1, -0.05) is 45.8 Å². The van der Waals surface area contributed by atoms with Crippen molar-refractivity contribution >= 4 is 0 Å². The summed E-state index contributed by atoms with van der Waals surface area (Å²) in [5, 5.41) is 0. The highest BCUT2D eigenvalue weighted by Crippen LogP contribution is 2.73. The van der Waals surface area contributed by atoms with E-state index in [1.165, 1.54) is 25.7 Å². The third-order valence-corrected chi connectivity index (χ3v) is 10.2. The van der Waals surface area contributed by atoms with Gasteiger partial charge < -0.3 is 0 Å². The lowest BCUT2D eigenvalue weighted by Gasteiger charge is -2.62. The lowest BCUT2D eigenvalue weighted by Crippen LogP contribution is -2.55. The van der Waals surface area contributed by atoms with E-state index in [2.05, 4.69) is 33.8 Å². The molecule has 0 spiro atoms. The van der Waals surface area contributed by atoms with Crippen LogP contribution in [0.15, 0.2) is 11.6 Å². The summed E-state index contributed by atoms with van der Waals surface area (Å²) in [5.74, 6) is 7.13. The summed E-state index contributed by atoms with van der Waals surface area (Å²) in [6, 6.07) is 0. The molecule has 9 atom stereocenters. The third kappa shape index (κ3) is 1.74. The third-order valence-electron chi connectivity index (χ3n) is 10.2. The minimum absolute atomic E-state index is 0.665. The first-order valence-electron chi connectivity index (χ1n) is 10.7. The molecule has 4 saturated carbocycles. The quantitative estimate of drug-likeness (QED) is 0.487. The molecule has 0 heteroatoms. The van der Waals surface area contributed by atoms with E-state index in [1.54, 1.807) is 25.7 Å². The van der Waals surface area contributed by atoms with E-state index in [9.17, 15) is 0 Å². The molecule has 5 rings (SSSR count). The van der Waals surface area contributed by atoms with E-state index in [4.69, 9.17) is 0 Å². The maximum Gasteiger partial charge on any atom is -0.0106 e. The van der Waals surface area contributed by atoms with Gasteiger partial charge >= 0.3 is 0 Å². The monoisotopic (exact) mass is 312 g/mol. The van der Waals surface area contributed by atoms with Crippen LogP contribution in [0.1, 0.15) is 79.1 Å². The number of hydrogen-bond donors (Lipinski definition) is 0. The van der Waals surface area contributed by atoms with Gasteiger partial charge in [0, 0.05) is 0 Å². The smallest absolute Gasteiger partial charge is 0.0106 e. The Morgan fingerprint density at radius 1 is 1.09 bits per heavy atom. The Kier molecular flexibility index (Phi) is 3.05. The van der Waals surface area contributed by atoms with Crippen LogP contribution in [0.25, 0.3) is 0 Å². The molecule has 0 aromatic rings. The Bertz CT molecular complexity index is 544. The second-order valence-corrected chi connectivity index (χ2v) is 10.6. The summed E-state index contributed by atoms with van der Waals surface area (Å²) in [7, 11) is 0. The molecule has 5 aliphatic carbocycles. The molecule has 5 aliphatic rings. The highest BCUT2D eigenvalue weighted by atomic mass is 14.7. The van der Waals surface area contributed by atoms with E-state index in [0.717, 1.165) is 41.4 Å². The first kappa shape index (κ1) is 15.0. The van der Waals surface area contributed by atoms with Gasteiger partial charge in [-0.2, -0.15) is 0 Å². The molecule has 128 valence electrons. The first-order valence-corrected chi connectivity index (χ1v) is 10.7. The zero-order valence-corrected chi connectivity index (χ0v) is 15.8. The van der Waals surface area contributed by atoms with E-state index in [1.807, 2.05) is 5.57 Å². The molecule has 0 bridgehead atoms. The van der Waals surface area contributed by atoms with Crippen LogP contribution in [-0.2, 0) is 0 Å². The lowest BCUT2D eigenvalue weighted by atomic mass is 9.43. The second-order valence-electron chi connectivity index (χ2n) is 10.6. The molecular weight excluding hydrogens is 276 g/mol. The standard InChI is InChI=1S/C23H36/c1-5-16-7-9-19-17-12-14(2)18-8-6-15-13-21(15)23(18,4)20(17)10-11-22(16,19)3/h6,14,16-21H,5,7-13H2,1-4H3/t14-,16-,17-,18?,19-,20-,21-,22+,23-/m0/s1. The van der Waals surface area contributed by atoms with Gasteiger partial charge in [-0.05, 0) is 97.2 Å². The molecule has 0 N–H and O–H groups in total. The summed E-state index contributed by atoms with van der Waals surface area (Å²) >= 11 is 0. The van der Waals surface area contributed by atoms with Crippen LogP contribution in [0, 0.1) is 52.3 Å². The summed E-state index contributed by atoms with van der Waals surface area (Å²) in [6.07, 6.45) is 14.7. The maximum atomic E-state index is 2.74. The fourth-order valence-electron chi connectivity index (χ4n) is 8.95. The van der Waals surface area contributed by atoms with Gasteiger partial charge in [0.05, 0.1) is 0 Å². The van der Waals surface area contributed by atoms with Crippen molar-refractivity contribution in [3.63, 3.8) is 0 Å². The molecule has 0 aliphatic heterocycles. The lowest BCUT2D eigenvalue weighted by molar-refractivity contribution is -0.126. The van der Waals surface area contributed by atoms with Crippen molar-refractivity contribution in [3.8, 4) is 0 Å². The van der Waals surface area contributed by atoms with Gasteiger partial charge in [0.2, 0.25) is 0 Å². The second kappa shape index (κ2) is 4.67. The molecule has 0 saturated heterocycles. The predicted molar refractivity (Wildman–Crippen MR) is 97.0 cm³/mol. The summed E-state index contributed by atoms with van der Waals surface area (Å²) in [6.45, 7) is 10.5. The van der Waals surface area contributed by atoms with Gasteiger partial charge in [-0.25, -0.2) is 0 Å². The van der Waals surface area contributed by atoms with Gasteiger partial charge in [0.1, 0.15) is 0 Å². The molecular formula is C23H36. The molecule has 1 unspecified atom stereocenters. The van der Waals surface area contributed by atoms with Crippen molar-refractivity contribution in [2.24, 2.45) is 52.3 Å². The van der Waals surface area contributed by atoms with Crippen molar-refractivity contribution in [2.75, 3.05) is 0 Å². The minimum atomic E-state index is 0.665. The largest absolute Gasteiger partial charge is 0.0847 e. The Balaban J connectivity index is 1.52. The zero-order chi connectivity index (χ0) is 16.0. The van der Waals surface area contributed by atoms with Crippen molar-refractivity contribution in [3.05, 3.63) is 11.6 Å². The topological polar surface area (TPSA) is 0 Å². The summed E-state index contributed by atoms with van der Waals surface area (Å²) in [4.78, 5) is 0. The first-order chi connectivity index (χ1) is 11.0. The average Bonchev–Trinajstić information content (AvgIpc) is 3.23. The van der Waals surface area contributed by atoms with Gasteiger partial charge in [0.15, 0.2) is 0 Å². The molecule has 0 aromatic carbocycles. The minimum Gasteiger partial charge on any atom is -0.0847 e. The highest BCUT2D eigenvalue weighted by molar-refractivity contribution is 5.33. The molecule has 4 fully saturated rings. The van der Waals surface area contributed by atoms with Crippen LogP contribution in [0.2, 0.25) is 0 Å². The molecule has 0 amide bonds. The SMILES string of the molecule is CC[C@H]1CC[C@H]2[C@@H]3C[C@H](C)C4CC=C5C[C@@H]5[C@]4(C)[C@H]3CC[C@]12C. The highest BCUT2D eigenvalue weighted by Gasteiger charge is 2.65. The van der Waals surface area contributed by atoms with E-state index in [0.29, 0.717) is 10.8 Å². The van der Waals surface area contributed by atoms with E-state index < -0.39 is 0 Å². The fourth-order valence-corrected chi connectivity index (χ4v) is 8.95. The van der Waals surface area contributed by atoms with Crippen LogP contribution in [0.4, 0.5) is 0 Å². The van der Waals surface area contributed by atoms with E-state index in [-0.39, 0.29) is 0 Å². The van der Waals surface area contributed by atoms with E-state index >= 15 is 0 Å². The Morgan fingerprint density at radius 2 is 1.91 bits per heavy atom. The number of rotatable bonds is 1. The number of allylic oxidation sites excluding steroid dienone is 2. The molecule has 0 radical (unpaired) electrons. The van der Waals surface area contributed by atoms with Crippen LogP contribution in [0.3, 0.4) is 0 Å². The summed E-state index contributed by atoms with van der Waals surface area (Å²) in [5.41, 5.74) is 3.20. The van der Waals surface area contributed by atoms with Gasteiger partial charge in [-0.15, -0.1) is 0 Å². The van der Waals surface area contributed by atoms with Crippen LogP contribution in [-0.4, -0.2) is 0 Å². The Morgan fingerprint density at radius 3 is 2.70 bits per heavy atom. The zero-order valence-electron chi connectivity index (χ0n) is 15.8. The number of fused-ring (bicyclic) bond motifs is 7. The van der Waals surface area contributed by atoms with Crippen LogP contribution >= 0.6 is 0 Å². The van der Waals surface area contributed by atoms with Gasteiger partial charge in [-0.3, -0.25) is 0 Å². The van der Waals surface area contributed by atoms with Crippen molar-refractivity contribution in [2.45, 2.75) is 79.1 Å². The average molecular weight is 313 g/mol. The normalized spacial score (nSPS) is 60.2. The molecule has 0 nitrogen and oxygen atoms in total. The van der Waals surface area contributed by atoms with Crippen molar-refractivity contribution in [1.82, 2.24) is 0 Å². The number of hydrogen-bond acceptors (Lipinski definition) is 0. The Labute approximate surface area is 143 Å². The molecule has 0 aromatic heterocycles. The predicted octanol–water partition coefficient (Wildman–Crippen LogP) is 6.47. The van der Waals surface area contributed by atoms with Crippen LogP contribution in [0.5, 0.6) is 0 Å². The maximum absolute atomic E-state index is 2.74. The van der Waals surface area contributed by atoms with Crippen LogP contribution < -0.4 is 0 Å². The van der Waals surface area contributed by atoms with Crippen molar-refractivity contribution < 1.29 is 0 Å². The Hall–Kier alpha value is -0.260. The van der Waals surface area contributed by atoms with Gasteiger partial charge in [0.25, 0.3) is 0 Å².